The van der Waals surface area contributed by atoms with Gasteiger partial charge >= 0.3 is 6.09 Å². The zero-order valence-corrected chi connectivity index (χ0v) is 45.0. The monoisotopic (exact) mass is 1060 g/mol. The molecule has 78 heavy (non-hydrogen) atoms. The van der Waals surface area contributed by atoms with Gasteiger partial charge in [-0.25, -0.2) is 19.3 Å². The van der Waals surface area contributed by atoms with Gasteiger partial charge in [-0.2, -0.15) is 5.10 Å². The van der Waals surface area contributed by atoms with Crippen LogP contribution in [0.25, 0.3) is 21.9 Å². The third-order valence-electron chi connectivity index (χ3n) is 14.8. The van der Waals surface area contributed by atoms with Crippen molar-refractivity contribution >= 4 is 46.2 Å². The molecule has 0 aliphatic carbocycles. The van der Waals surface area contributed by atoms with Gasteiger partial charge in [0.25, 0.3) is 17.4 Å². The number of benzene rings is 4. The van der Waals surface area contributed by atoms with Crippen molar-refractivity contribution in [3.8, 4) is 11.1 Å². The number of aryl methyl sites for hydroxylation is 1. The van der Waals surface area contributed by atoms with Crippen molar-refractivity contribution < 1.29 is 33.1 Å². The molecule has 0 unspecified atom stereocenters. The van der Waals surface area contributed by atoms with Gasteiger partial charge in [0, 0.05) is 89.0 Å². The fourth-order valence-electron chi connectivity index (χ4n) is 10.5. The Morgan fingerprint density at radius 3 is 2.10 bits per heavy atom. The first-order valence-electron chi connectivity index (χ1n) is 27.0. The van der Waals surface area contributed by atoms with Gasteiger partial charge in [-0.15, -0.1) is 0 Å². The number of likely N-dealkylation sites (tertiary alicyclic amines) is 1. The van der Waals surface area contributed by atoms with Crippen molar-refractivity contribution in [2.45, 2.75) is 65.5 Å². The lowest BCUT2D eigenvalue weighted by Gasteiger charge is -2.39. The van der Waals surface area contributed by atoms with Gasteiger partial charge in [0.1, 0.15) is 18.0 Å². The van der Waals surface area contributed by atoms with Gasteiger partial charge in [0.2, 0.25) is 11.8 Å². The summed E-state index contributed by atoms with van der Waals surface area (Å²) in [6.07, 6.45) is 4.05. The van der Waals surface area contributed by atoms with E-state index in [0.717, 1.165) is 61.2 Å². The summed E-state index contributed by atoms with van der Waals surface area (Å²) >= 11 is 0. The Labute approximate surface area is 454 Å². The highest BCUT2D eigenvalue weighted by molar-refractivity contribution is 6.04. The first kappa shape index (κ1) is 54.9. The summed E-state index contributed by atoms with van der Waals surface area (Å²) in [4.78, 5) is 97.0. The van der Waals surface area contributed by atoms with Crippen LogP contribution in [0.3, 0.4) is 0 Å². The predicted molar refractivity (Wildman–Crippen MR) is 296 cm³/mol. The van der Waals surface area contributed by atoms with Gasteiger partial charge in [-0.05, 0) is 106 Å². The number of hydrogen-bond donors (Lipinski definition) is 2. The van der Waals surface area contributed by atoms with Crippen LogP contribution < -0.4 is 10.9 Å². The average Bonchev–Trinajstić information content (AvgIpc) is 3.45. The van der Waals surface area contributed by atoms with E-state index < -0.39 is 29.3 Å². The number of piperidine rings is 1. The van der Waals surface area contributed by atoms with E-state index in [0.29, 0.717) is 93.3 Å². The van der Waals surface area contributed by atoms with E-state index in [1.54, 1.807) is 72.0 Å². The molecule has 6 aromatic rings. The van der Waals surface area contributed by atoms with Crippen LogP contribution >= 0.6 is 0 Å². The summed E-state index contributed by atoms with van der Waals surface area (Å²) in [7, 11) is 0. The lowest BCUT2D eigenvalue weighted by molar-refractivity contribution is -0.134. The summed E-state index contributed by atoms with van der Waals surface area (Å²) < 4.78 is 20.8. The lowest BCUT2D eigenvalue weighted by Crippen LogP contribution is -2.53. The Kier molecular flexibility index (Phi) is 17.4. The number of nitrogens with one attached hydrogen (secondary N) is 2. The van der Waals surface area contributed by atoms with Gasteiger partial charge in [0.15, 0.2) is 5.69 Å². The normalized spacial score (nSPS) is 15.8. The van der Waals surface area contributed by atoms with Gasteiger partial charge < -0.3 is 24.8 Å². The second kappa shape index (κ2) is 24.7. The maximum Gasteiger partial charge on any atom is 0.411 e. The molecule has 0 radical (unpaired) electrons. The van der Waals surface area contributed by atoms with Gasteiger partial charge in [-0.1, -0.05) is 85.8 Å². The fraction of sp³-hybridized carbons (Fsp3) is 0.400. The SMILES string of the molecule is CCc1cccc(-c2cnc(C(=O)N3CCN(CC4CCN(CC(=O)N5CCN(C(=O)c6cc(Cc7n[nH]c(=O)c8ccccc78)ccc6F)CC5)CC4)CC3)c(NC(=O)CN(Cc3ccccc3)C(=O)OC(C)(C)C)c2)c1. The highest BCUT2D eigenvalue weighted by Crippen LogP contribution is 2.28. The van der Waals surface area contributed by atoms with E-state index >= 15 is 4.39 Å². The van der Waals surface area contributed by atoms with Crippen LogP contribution in [-0.4, -0.2) is 165 Å². The number of H-pyrrole nitrogens is 1. The zero-order valence-electron chi connectivity index (χ0n) is 45.0. The topological polar surface area (TPSA) is 185 Å². The number of halogens is 1. The molecule has 17 nitrogen and oxygen atoms in total. The number of carbonyl (C=O) groups is 5. The van der Waals surface area contributed by atoms with E-state index in [2.05, 4.69) is 38.3 Å². The average molecular weight is 1060 g/mol. The van der Waals surface area contributed by atoms with Crippen molar-refractivity contribution in [3.63, 3.8) is 0 Å². The molecule has 2 aromatic heterocycles. The van der Waals surface area contributed by atoms with Crippen LogP contribution in [0.2, 0.25) is 0 Å². The molecule has 5 heterocycles. The minimum Gasteiger partial charge on any atom is -0.444 e. The molecule has 0 atom stereocenters. The molecule has 5 amide bonds. The number of aromatic amines is 1. The number of aromatic nitrogens is 3. The van der Waals surface area contributed by atoms with Crippen molar-refractivity contribution in [2.24, 2.45) is 5.92 Å². The molecule has 408 valence electrons. The van der Waals surface area contributed by atoms with Crippen LogP contribution in [0.4, 0.5) is 14.9 Å². The Morgan fingerprint density at radius 2 is 1.38 bits per heavy atom. The Hall–Kier alpha value is -7.83. The largest absolute Gasteiger partial charge is 0.444 e. The van der Waals surface area contributed by atoms with Crippen LogP contribution in [0, 0.1) is 11.7 Å². The summed E-state index contributed by atoms with van der Waals surface area (Å²) in [6.45, 7) is 13.6. The number of rotatable bonds is 15. The maximum atomic E-state index is 15.2. The number of hydrogen-bond acceptors (Lipinski definition) is 11. The standard InChI is InChI=1S/C60H69FN10O7/c1-5-41-14-11-15-45(32-41)46-35-52(63-53(72)39-71(59(77)78-60(2,3)4)38-42-12-7-6-8-13-42)55(62-36-46)58(76)70-26-24-67(25-27-70)37-43-20-22-66(23-21-43)40-54(73)68-28-30-69(31-29-68)57(75)49-33-44(18-19-50(49)61)34-51-47-16-9-10-17-48(47)56(74)65-64-51/h6-19,32-33,35-36,43H,5,20-31,34,37-40H2,1-4H3,(H,63,72)(H,65,74). The minimum atomic E-state index is -0.781. The molecule has 2 N–H and O–H groups in total. The van der Waals surface area contributed by atoms with Gasteiger partial charge in [0.05, 0.1) is 28.9 Å². The summed E-state index contributed by atoms with van der Waals surface area (Å²) in [5.74, 6) is -1.38. The van der Waals surface area contributed by atoms with E-state index in [-0.39, 0.29) is 47.4 Å². The van der Waals surface area contributed by atoms with Crippen molar-refractivity contribution in [1.82, 2.24) is 44.6 Å². The molecule has 3 saturated heterocycles. The number of nitrogens with zero attached hydrogens (tertiary/aromatic N) is 8. The van der Waals surface area contributed by atoms with Crippen LogP contribution in [0.5, 0.6) is 0 Å². The van der Waals surface area contributed by atoms with Crippen LogP contribution in [0.15, 0.2) is 114 Å². The third kappa shape index (κ3) is 13.8. The third-order valence-corrected chi connectivity index (χ3v) is 14.8. The molecule has 18 heteroatoms. The number of ether oxygens (including phenoxy) is 1. The number of fused-ring (bicyclic) bond motifs is 1. The number of pyridine rings is 1. The molecular weight excluding hydrogens is 992 g/mol. The summed E-state index contributed by atoms with van der Waals surface area (Å²) in [5.41, 5.74) is 4.19. The van der Waals surface area contributed by atoms with Crippen molar-refractivity contribution in [2.75, 3.05) is 90.4 Å². The molecule has 0 saturated carbocycles. The number of carbonyl (C=O) groups excluding carboxylic acids is 5. The molecule has 3 aliphatic heterocycles. The highest BCUT2D eigenvalue weighted by Gasteiger charge is 2.32. The first-order chi connectivity index (χ1) is 37.6. The molecule has 4 aromatic carbocycles. The Bertz CT molecular complexity index is 3190. The Balaban J connectivity index is 0.749. The lowest BCUT2D eigenvalue weighted by atomic mass is 9.96. The van der Waals surface area contributed by atoms with Crippen molar-refractivity contribution in [3.05, 3.63) is 159 Å². The highest BCUT2D eigenvalue weighted by atomic mass is 19.1. The van der Waals surface area contributed by atoms with E-state index in [1.165, 1.54) is 11.0 Å². The maximum absolute atomic E-state index is 15.2. The van der Waals surface area contributed by atoms with E-state index in [4.69, 9.17) is 9.72 Å². The molecule has 3 fully saturated rings. The van der Waals surface area contributed by atoms with Crippen LogP contribution in [0.1, 0.15) is 83.8 Å². The fourth-order valence-corrected chi connectivity index (χ4v) is 10.5. The second-order valence-electron chi connectivity index (χ2n) is 21.6. The predicted octanol–water partition coefficient (Wildman–Crippen LogP) is 7.11. The number of amides is 5. The van der Waals surface area contributed by atoms with Crippen molar-refractivity contribution in [1.29, 1.82) is 0 Å². The number of anilines is 1. The molecule has 0 spiro atoms. The second-order valence-corrected chi connectivity index (χ2v) is 21.6. The van der Waals surface area contributed by atoms with E-state index in [9.17, 15) is 28.8 Å². The Morgan fingerprint density at radius 1 is 0.718 bits per heavy atom. The minimum absolute atomic E-state index is 0.0125. The summed E-state index contributed by atoms with van der Waals surface area (Å²) in [5, 5.41) is 10.9. The quantitative estimate of drug-likeness (QED) is 0.107. The smallest absolute Gasteiger partial charge is 0.411 e. The molecule has 3 aliphatic rings. The molecular formula is C60H69FN10O7. The van der Waals surface area contributed by atoms with Gasteiger partial charge in [-0.3, -0.25) is 38.7 Å². The molecule has 0 bridgehead atoms. The van der Waals surface area contributed by atoms with Crippen LogP contribution in [-0.2, 0) is 33.7 Å². The zero-order chi connectivity index (χ0) is 54.9. The first-order valence-corrected chi connectivity index (χ1v) is 27.0. The van der Waals surface area contributed by atoms with E-state index in [1.807, 2.05) is 60.7 Å². The molecule has 9 rings (SSSR count). The number of piperazine rings is 2. The summed E-state index contributed by atoms with van der Waals surface area (Å²) in [6, 6.07) is 30.8.